The molecule has 2 heterocycles. The zero-order valence-corrected chi connectivity index (χ0v) is 15.9. The van der Waals surface area contributed by atoms with E-state index < -0.39 is 0 Å². The fourth-order valence-electron chi connectivity index (χ4n) is 2.68. The van der Waals surface area contributed by atoms with Crippen LogP contribution in [-0.4, -0.2) is 26.3 Å². The summed E-state index contributed by atoms with van der Waals surface area (Å²) < 4.78 is 14.9. The van der Waals surface area contributed by atoms with Crippen molar-refractivity contribution >= 4 is 23.5 Å². The van der Waals surface area contributed by atoms with Gasteiger partial charge in [-0.15, -0.1) is 0 Å². The first-order valence-electron chi connectivity index (χ1n) is 8.42. The number of amides is 1. The SMILES string of the molecule is Cc1c(C)c(SCC(=O)Nc2ccccn2)n(Cc2ccc(F)cc2)c1O. The smallest absolute Gasteiger partial charge is 0.235 e. The molecule has 3 aromatic rings. The highest BCUT2D eigenvalue weighted by Crippen LogP contribution is 2.35. The Labute approximate surface area is 161 Å². The van der Waals surface area contributed by atoms with Gasteiger partial charge in [-0.25, -0.2) is 9.37 Å². The standard InChI is InChI=1S/C20H20FN3O2S/c1-13-14(2)20(27-12-18(25)23-17-5-3-4-10-22-17)24(19(13)26)11-15-6-8-16(21)9-7-15/h3-10,26H,11-12H2,1-2H3,(H,22,23,25). The fraction of sp³-hybridized carbons (Fsp3) is 0.200. The molecule has 0 aliphatic rings. The van der Waals surface area contributed by atoms with E-state index in [0.717, 1.165) is 21.7 Å². The van der Waals surface area contributed by atoms with Gasteiger partial charge in [0.25, 0.3) is 0 Å². The van der Waals surface area contributed by atoms with Crippen molar-refractivity contribution in [2.24, 2.45) is 0 Å². The van der Waals surface area contributed by atoms with Crippen molar-refractivity contribution in [3.8, 4) is 5.88 Å². The summed E-state index contributed by atoms with van der Waals surface area (Å²) in [6.45, 7) is 4.14. The van der Waals surface area contributed by atoms with Gasteiger partial charge in [-0.3, -0.25) is 4.79 Å². The first-order valence-corrected chi connectivity index (χ1v) is 9.41. The number of aromatic hydroxyl groups is 1. The molecule has 5 nitrogen and oxygen atoms in total. The van der Waals surface area contributed by atoms with Crippen LogP contribution in [0.25, 0.3) is 0 Å². The molecular formula is C20H20FN3O2S. The molecule has 140 valence electrons. The van der Waals surface area contributed by atoms with Gasteiger partial charge >= 0.3 is 0 Å². The maximum Gasteiger partial charge on any atom is 0.235 e. The van der Waals surface area contributed by atoms with Crippen LogP contribution in [0, 0.1) is 19.7 Å². The Morgan fingerprint density at radius 1 is 1.19 bits per heavy atom. The lowest BCUT2D eigenvalue weighted by molar-refractivity contribution is -0.113. The number of nitrogens with zero attached hydrogens (tertiary/aromatic N) is 2. The van der Waals surface area contributed by atoms with Crippen LogP contribution in [0.15, 0.2) is 53.7 Å². The molecule has 1 amide bonds. The summed E-state index contributed by atoms with van der Waals surface area (Å²) in [6.07, 6.45) is 1.61. The number of carbonyl (C=O) groups is 1. The van der Waals surface area contributed by atoms with Gasteiger partial charge in [0, 0.05) is 11.8 Å². The number of nitrogens with one attached hydrogen (secondary N) is 1. The number of benzene rings is 1. The van der Waals surface area contributed by atoms with Crippen molar-refractivity contribution in [2.45, 2.75) is 25.4 Å². The Morgan fingerprint density at radius 3 is 2.59 bits per heavy atom. The Balaban J connectivity index is 1.75. The molecule has 1 aromatic carbocycles. The largest absolute Gasteiger partial charge is 0.494 e. The number of hydrogen-bond acceptors (Lipinski definition) is 4. The topological polar surface area (TPSA) is 67.2 Å². The van der Waals surface area contributed by atoms with E-state index in [0.29, 0.717) is 12.4 Å². The summed E-state index contributed by atoms with van der Waals surface area (Å²) >= 11 is 1.35. The molecule has 0 spiro atoms. The first-order chi connectivity index (χ1) is 13.0. The molecule has 2 N–H and O–H groups in total. The molecular weight excluding hydrogens is 365 g/mol. The molecule has 0 radical (unpaired) electrons. The number of rotatable bonds is 6. The van der Waals surface area contributed by atoms with E-state index in [4.69, 9.17) is 0 Å². The molecule has 0 bridgehead atoms. The van der Waals surface area contributed by atoms with Gasteiger partial charge in [-0.1, -0.05) is 30.0 Å². The van der Waals surface area contributed by atoms with Gasteiger partial charge in [-0.05, 0) is 49.2 Å². The highest BCUT2D eigenvalue weighted by molar-refractivity contribution is 8.00. The molecule has 0 unspecified atom stereocenters. The zero-order chi connectivity index (χ0) is 19.4. The second-order valence-electron chi connectivity index (χ2n) is 6.14. The molecule has 0 fully saturated rings. The van der Waals surface area contributed by atoms with E-state index in [2.05, 4.69) is 10.3 Å². The Hall–Kier alpha value is -2.80. The quantitative estimate of drug-likeness (QED) is 0.626. The lowest BCUT2D eigenvalue weighted by atomic mass is 10.2. The van der Waals surface area contributed by atoms with Crippen LogP contribution in [-0.2, 0) is 11.3 Å². The van der Waals surface area contributed by atoms with Gasteiger partial charge < -0.3 is 15.0 Å². The van der Waals surface area contributed by atoms with Gasteiger partial charge in [0.1, 0.15) is 11.6 Å². The number of aromatic nitrogens is 2. The Morgan fingerprint density at radius 2 is 1.93 bits per heavy atom. The van der Waals surface area contributed by atoms with Crippen LogP contribution in [0.5, 0.6) is 5.88 Å². The summed E-state index contributed by atoms with van der Waals surface area (Å²) in [5.41, 5.74) is 2.55. The van der Waals surface area contributed by atoms with Gasteiger partial charge in [-0.2, -0.15) is 0 Å². The second kappa shape index (κ2) is 8.26. The number of carbonyl (C=O) groups excluding carboxylic acids is 1. The van der Waals surface area contributed by atoms with Crippen molar-refractivity contribution in [1.82, 2.24) is 9.55 Å². The van der Waals surface area contributed by atoms with Crippen molar-refractivity contribution < 1.29 is 14.3 Å². The molecule has 0 saturated heterocycles. The number of anilines is 1. The predicted molar refractivity (Wildman–Crippen MR) is 105 cm³/mol. The minimum atomic E-state index is -0.302. The average molecular weight is 385 g/mol. The van der Waals surface area contributed by atoms with Crippen molar-refractivity contribution in [3.05, 3.63) is 71.2 Å². The molecule has 0 atom stereocenters. The number of thioether (sulfide) groups is 1. The summed E-state index contributed by atoms with van der Waals surface area (Å²) in [5, 5.41) is 14.0. The highest BCUT2D eigenvalue weighted by Gasteiger charge is 2.18. The number of pyridine rings is 1. The second-order valence-corrected chi connectivity index (χ2v) is 7.11. The molecule has 0 aliphatic carbocycles. The van der Waals surface area contributed by atoms with E-state index >= 15 is 0 Å². The van der Waals surface area contributed by atoms with Crippen LogP contribution < -0.4 is 5.32 Å². The minimum absolute atomic E-state index is 0.157. The highest BCUT2D eigenvalue weighted by atomic mass is 32.2. The monoisotopic (exact) mass is 385 g/mol. The minimum Gasteiger partial charge on any atom is -0.494 e. The summed E-state index contributed by atoms with van der Waals surface area (Å²) in [6, 6.07) is 11.5. The summed E-state index contributed by atoms with van der Waals surface area (Å²) in [7, 11) is 0. The van der Waals surface area contributed by atoms with Crippen molar-refractivity contribution in [1.29, 1.82) is 0 Å². The third-order valence-corrected chi connectivity index (χ3v) is 5.45. The maximum absolute atomic E-state index is 13.1. The van der Waals surface area contributed by atoms with E-state index in [1.54, 1.807) is 41.1 Å². The third-order valence-electron chi connectivity index (χ3n) is 4.25. The number of hydrogen-bond donors (Lipinski definition) is 2. The molecule has 0 aliphatic heterocycles. The van der Waals surface area contributed by atoms with E-state index in [1.807, 2.05) is 13.8 Å². The molecule has 2 aromatic heterocycles. The van der Waals surface area contributed by atoms with Gasteiger partial charge in [0.2, 0.25) is 5.91 Å². The average Bonchev–Trinajstić information content (AvgIpc) is 2.86. The maximum atomic E-state index is 13.1. The summed E-state index contributed by atoms with van der Waals surface area (Å²) in [5.74, 6) is 0.363. The van der Waals surface area contributed by atoms with Crippen molar-refractivity contribution in [2.75, 3.05) is 11.1 Å². The summed E-state index contributed by atoms with van der Waals surface area (Å²) in [4.78, 5) is 16.3. The lowest BCUT2D eigenvalue weighted by Gasteiger charge is -2.11. The van der Waals surface area contributed by atoms with Crippen LogP contribution in [0.3, 0.4) is 0 Å². The molecule has 0 saturated carbocycles. The third kappa shape index (κ3) is 4.49. The van der Waals surface area contributed by atoms with Gasteiger partial charge in [0.05, 0.1) is 17.3 Å². The van der Waals surface area contributed by atoms with Crippen LogP contribution >= 0.6 is 11.8 Å². The van der Waals surface area contributed by atoms with Crippen LogP contribution in [0.2, 0.25) is 0 Å². The molecule has 27 heavy (non-hydrogen) atoms. The zero-order valence-electron chi connectivity index (χ0n) is 15.1. The van der Waals surface area contributed by atoms with Crippen LogP contribution in [0.4, 0.5) is 10.2 Å². The van der Waals surface area contributed by atoms with E-state index in [9.17, 15) is 14.3 Å². The number of halogens is 1. The lowest BCUT2D eigenvalue weighted by Crippen LogP contribution is -2.15. The Kier molecular flexibility index (Phi) is 5.81. The van der Waals surface area contributed by atoms with Gasteiger partial charge in [0.15, 0.2) is 5.88 Å². The first kappa shape index (κ1) is 19.0. The fourth-order valence-corrected chi connectivity index (χ4v) is 3.70. The predicted octanol–water partition coefficient (Wildman–Crippen LogP) is 4.12. The van der Waals surface area contributed by atoms with Crippen LogP contribution in [0.1, 0.15) is 16.7 Å². The van der Waals surface area contributed by atoms with E-state index in [1.165, 1.54) is 23.9 Å². The molecule has 7 heteroatoms. The Bertz CT molecular complexity index is 940. The molecule has 3 rings (SSSR count). The van der Waals surface area contributed by atoms with E-state index in [-0.39, 0.29) is 23.4 Å². The van der Waals surface area contributed by atoms with Crippen molar-refractivity contribution in [3.63, 3.8) is 0 Å². The normalized spacial score (nSPS) is 10.8.